The van der Waals surface area contributed by atoms with Crippen LogP contribution < -0.4 is 16.6 Å². The monoisotopic (exact) mass is 377 g/mol. The molecule has 1 aliphatic carbocycles. The first-order valence-electron chi connectivity index (χ1n) is 9.64. The molecule has 1 amide bonds. The number of aromatic nitrogens is 4. The molecule has 0 spiro atoms. The molecule has 9 nitrogen and oxygen atoms in total. The van der Waals surface area contributed by atoms with Crippen molar-refractivity contribution in [2.75, 3.05) is 0 Å². The number of nitrogens with one attached hydrogen (secondary N) is 1. The van der Waals surface area contributed by atoms with Crippen LogP contribution in [0.15, 0.2) is 9.59 Å². The molecule has 0 radical (unpaired) electrons. The third kappa shape index (κ3) is 3.83. The highest BCUT2D eigenvalue weighted by Gasteiger charge is 2.25. The second-order valence-corrected chi connectivity index (χ2v) is 7.03. The molecule has 0 aliphatic heterocycles. The van der Waals surface area contributed by atoms with Crippen molar-refractivity contribution in [3.05, 3.63) is 26.7 Å². The van der Waals surface area contributed by atoms with E-state index in [1.165, 1.54) is 4.57 Å². The minimum Gasteiger partial charge on any atom is -0.388 e. The average molecular weight is 377 g/mol. The highest BCUT2D eigenvalue weighted by atomic mass is 16.3. The van der Waals surface area contributed by atoms with Crippen LogP contribution in [0.2, 0.25) is 0 Å². The fourth-order valence-corrected chi connectivity index (χ4v) is 3.22. The lowest BCUT2D eigenvalue weighted by Crippen LogP contribution is -2.44. The highest BCUT2D eigenvalue weighted by molar-refractivity contribution is 5.77. The Bertz CT molecular complexity index is 951. The van der Waals surface area contributed by atoms with Gasteiger partial charge < -0.3 is 15.0 Å². The number of nitrogens with zero attached hydrogens (tertiary/aromatic N) is 4. The van der Waals surface area contributed by atoms with Gasteiger partial charge in [-0.3, -0.25) is 14.2 Å². The summed E-state index contributed by atoms with van der Waals surface area (Å²) in [7, 11) is 0. The van der Waals surface area contributed by atoms with E-state index in [1.54, 1.807) is 4.57 Å². The van der Waals surface area contributed by atoms with E-state index in [-0.39, 0.29) is 36.3 Å². The molecule has 2 N–H and O–H groups in total. The van der Waals surface area contributed by atoms with Crippen LogP contribution >= 0.6 is 0 Å². The molecule has 0 atom stereocenters. The van der Waals surface area contributed by atoms with Crippen LogP contribution in [0.4, 0.5) is 0 Å². The molecule has 1 saturated carbocycles. The van der Waals surface area contributed by atoms with Crippen LogP contribution in [0.5, 0.6) is 0 Å². The molecule has 1 fully saturated rings. The van der Waals surface area contributed by atoms with E-state index in [4.69, 9.17) is 0 Å². The zero-order valence-electron chi connectivity index (χ0n) is 15.9. The average Bonchev–Trinajstić information content (AvgIpc) is 3.38. The summed E-state index contributed by atoms with van der Waals surface area (Å²) in [5.41, 5.74) is -0.502. The Labute approximate surface area is 156 Å². The maximum absolute atomic E-state index is 13.1. The number of rotatable bonds is 9. The van der Waals surface area contributed by atoms with Crippen LogP contribution in [0.25, 0.3) is 11.2 Å². The quantitative estimate of drug-likeness (QED) is 0.655. The van der Waals surface area contributed by atoms with E-state index >= 15 is 0 Å². The van der Waals surface area contributed by atoms with Crippen molar-refractivity contribution in [3.8, 4) is 0 Å². The van der Waals surface area contributed by atoms with E-state index < -0.39 is 11.2 Å². The lowest BCUT2D eigenvalue weighted by atomic mass is 10.3. The van der Waals surface area contributed by atoms with Gasteiger partial charge in [-0.05, 0) is 25.7 Å². The number of imidazole rings is 1. The van der Waals surface area contributed by atoms with Crippen LogP contribution in [-0.4, -0.2) is 35.7 Å². The van der Waals surface area contributed by atoms with Crippen molar-refractivity contribution in [1.29, 1.82) is 0 Å². The summed E-state index contributed by atoms with van der Waals surface area (Å²) in [6, 6.07) is 0.158. The molecular formula is C18H27N5O4. The topological polar surface area (TPSA) is 111 Å². The predicted molar refractivity (Wildman–Crippen MR) is 101 cm³/mol. The molecule has 27 heavy (non-hydrogen) atoms. The molecule has 2 aromatic heterocycles. The summed E-state index contributed by atoms with van der Waals surface area (Å²) in [6.45, 7) is 4.25. The van der Waals surface area contributed by atoms with Crippen molar-refractivity contribution in [1.82, 2.24) is 24.0 Å². The van der Waals surface area contributed by atoms with Crippen LogP contribution in [0.1, 0.15) is 51.8 Å². The third-order valence-electron chi connectivity index (χ3n) is 4.76. The lowest BCUT2D eigenvalue weighted by Gasteiger charge is -2.12. The van der Waals surface area contributed by atoms with Gasteiger partial charge >= 0.3 is 5.69 Å². The molecule has 0 aromatic carbocycles. The summed E-state index contributed by atoms with van der Waals surface area (Å²) < 4.78 is 4.11. The van der Waals surface area contributed by atoms with Gasteiger partial charge in [0, 0.05) is 19.1 Å². The normalized spacial score (nSPS) is 14.0. The molecule has 2 heterocycles. The van der Waals surface area contributed by atoms with Gasteiger partial charge in [0.1, 0.15) is 19.0 Å². The second kappa shape index (κ2) is 8.08. The smallest absolute Gasteiger partial charge is 0.333 e. The number of carbonyl (C=O) groups excluding carboxylic acids is 1. The Balaban J connectivity index is 2.18. The van der Waals surface area contributed by atoms with Crippen molar-refractivity contribution in [2.45, 2.75) is 78.2 Å². The summed E-state index contributed by atoms with van der Waals surface area (Å²) in [5.74, 6) is 0.0239. The number of carbonyl (C=O) groups is 1. The summed E-state index contributed by atoms with van der Waals surface area (Å²) in [6.07, 6.45) is 4.23. The molecule has 0 bridgehead atoms. The molecule has 0 saturated heterocycles. The molecule has 3 rings (SSSR count). The molecule has 148 valence electrons. The van der Waals surface area contributed by atoms with E-state index in [0.29, 0.717) is 18.9 Å². The van der Waals surface area contributed by atoms with Gasteiger partial charge in [-0.1, -0.05) is 20.3 Å². The predicted octanol–water partition coefficient (Wildman–Crippen LogP) is 0.341. The molecule has 9 heteroatoms. The minimum atomic E-state index is -0.533. The Morgan fingerprint density at radius 3 is 2.48 bits per heavy atom. The van der Waals surface area contributed by atoms with Crippen molar-refractivity contribution in [3.63, 3.8) is 0 Å². The first kappa shape index (κ1) is 19.3. The number of hydrogen-bond donors (Lipinski definition) is 2. The molecular weight excluding hydrogens is 350 g/mol. The van der Waals surface area contributed by atoms with E-state index in [9.17, 15) is 19.5 Å². The minimum absolute atomic E-state index is 0.158. The third-order valence-corrected chi connectivity index (χ3v) is 4.76. The van der Waals surface area contributed by atoms with Gasteiger partial charge in [-0.15, -0.1) is 0 Å². The van der Waals surface area contributed by atoms with Gasteiger partial charge in [0.2, 0.25) is 5.91 Å². The Hall–Kier alpha value is -2.42. The standard InChI is InChI=1S/C18H27N5O4/c1-3-5-9-22-16-15(21(8-4-2)13(11-24)20-16)17(26)23(18(22)27)10-14(25)19-12-6-7-12/h12,24H,3-11H2,1-2H3,(H,19,25). The van der Waals surface area contributed by atoms with Gasteiger partial charge in [-0.25, -0.2) is 14.3 Å². The second-order valence-electron chi connectivity index (χ2n) is 7.03. The van der Waals surface area contributed by atoms with Crippen LogP contribution in [-0.2, 0) is 31.0 Å². The lowest BCUT2D eigenvalue weighted by molar-refractivity contribution is -0.121. The summed E-state index contributed by atoms with van der Waals surface area (Å²) >= 11 is 0. The van der Waals surface area contributed by atoms with Crippen molar-refractivity contribution >= 4 is 17.1 Å². The van der Waals surface area contributed by atoms with Gasteiger partial charge in [0.25, 0.3) is 5.56 Å². The largest absolute Gasteiger partial charge is 0.388 e. The maximum Gasteiger partial charge on any atom is 0.333 e. The van der Waals surface area contributed by atoms with E-state index in [0.717, 1.165) is 36.7 Å². The first-order valence-corrected chi connectivity index (χ1v) is 9.64. The van der Waals surface area contributed by atoms with Gasteiger partial charge in [-0.2, -0.15) is 0 Å². The highest BCUT2D eigenvalue weighted by Crippen LogP contribution is 2.18. The number of fused-ring (bicyclic) bond motifs is 1. The SMILES string of the molecule is CCCCn1c(=O)n(CC(=O)NC2CC2)c(=O)c2c1nc(CO)n2CCC. The summed E-state index contributed by atoms with van der Waals surface area (Å²) in [5, 5.41) is 12.5. The maximum atomic E-state index is 13.1. The number of hydrogen-bond acceptors (Lipinski definition) is 5. The Kier molecular flexibility index (Phi) is 5.79. The van der Waals surface area contributed by atoms with Crippen molar-refractivity contribution in [2.24, 2.45) is 0 Å². The molecule has 0 unspecified atom stereocenters. The van der Waals surface area contributed by atoms with Crippen LogP contribution in [0.3, 0.4) is 0 Å². The Morgan fingerprint density at radius 2 is 1.89 bits per heavy atom. The Morgan fingerprint density at radius 1 is 1.15 bits per heavy atom. The van der Waals surface area contributed by atoms with E-state index in [2.05, 4.69) is 10.3 Å². The van der Waals surface area contributed by atoms with E-state index in [1.807, 2.05) is 13.8 Å². The molecule has 2 aromatic rings. The van der Waals surface area contributed by atoms with Gasteiger partial charge in [0.15, 0.2) is 11.2 Å². The number of aryl methyl sites for hydroxylation is 2. The number of unbranched alkanes of at least 4 members (excludes halogenated alkanes) is 1. The number of amides is 1. The molecule has 1 aliphatic rings. The fourth-order valence-electron chi connectivity index (χ4n) is 3.22. The summed E-state index contributed by atoms with van der Waals surface area (Å²) in [4.78, 5) is 42.6. The van der Waals surface area contributed by atoms with Crippen LogP contribution in [0, 0.1) is 0 Å². The zero-order chi connectivity index (χ0) is 19.6. The number of aliphatic hydroxyl groups excluding tert-OH is 1. The van der Waals surface area contributed by atoms with Crippen molar-refractivity contribution < 1.29 is 9.90 Å². The number of aliphatic hydroxyl groups is 1. The zero-order valence-corrected chi connectivity index (χ0v) is 15.9. The van der Waals surface area contributed by atoms with Gasteiger partial charge in [0.05, 0.1) is 0 Å². The first-order chi connectivity index (χ1) is 13.0. The fraction of sp³-hybridized carbons (Fsp3) is 0.667.